The van der Waals surface area contributed by atoms with Crippen LogP contribution in [0, 0.1) is 0 Å². The van der Waals surface area contributed by atoms with Gasteiger partial charge in [0.1, 0.15) is 0 Å². The second-order valence-electron chi connectivity index (χ2n) is 2.98. The molecule has 1 N–H and O–H groups in total. The number of allylic oxidation sites excluding steroid dienone is 1. The Balaban J connectivity index is 2.68. The number of carbonyl (C=O) groups is 1. The van der Waals surface area contributed by atoms with Crippen LogP contribution in [0.1, 0.15) is 12.8 Å². The molecule has 0 unspecified atom stereocenters. The lowest BCUT2D eigenvalue weighted by Gasteiger charge is -2.07. The molecule has 0 fully saturated rings. The Labute approximate surface area is 102 Å². The normalized spacial score (nSPS) is 9.73. The zero-order valence-corrected chi connectivity index (χ0v) is 10.4. The van der Waals surface area contributed by atoms with Crippen molar-refractivity contribution in [2.75, 3.05) is 5.32 Å². The Kier molecular flexibility index (Phi) is 4.85. The van der Waals surface area contributed by atoms with Crippen LogP contribution in [0.15, 0.2) is 35.3 Å². The average molecular weight is 289 g/mol. The van der Waals surface area contributed by atoms with Crippen LogP contribution in [0.2, 0.25) is 5.02 Å². The minimum absolute atomic E-state index is 0.0436. The fraction of sp³-hybridized carbons (Fsp3) is 0.182. The molecule has 0 bridgehead atoms. The average Bonchev–Trinajstić information content (AvgIpc) is 2.22. The van der Waals surface area contributed by atoms with E-state index in [9.17, 15) is 4.79 Å². The quantitative estimate of drug-likeness (QED) is 0.833. The van der Waals surface area contributed by atoms with Gasteiger partial charge in [0, 0.05) is 6.42 Å². The first-order valence-corrected chi connectivity index (χ1v) is 5.67. The number of amides is 1. The van der Waals surface area contributed by atoms with Crippen molar-refractivity contribution in [2.24, 2.45) is 0 Å². The standard InChI is InChI=1S/C11H11BrClNO/c1-2-3-7-10(15)14-9-6-4-5-8(13)11(9)12/h2,4-6H,1,3,7H2,(H,14,15). The maximum Gasteiger partial charge on any atom is 0.224 e. The lowest BCUT2D eigenvalue weighted by molar-refractivity contribution is -0.116. The van der Waals surface area contributed by atoms with Crippen molar-refractivity contribution < 1.29 is 4.79 Å². The second kappa shape index (κ2) is 5.93. The van der Waals surface area contributed by atoms with Gasteiger partial charge in [0.05, 0.1) is 15.2 Å². The van der Waals surface area contributed by atoms with Gasteiger partial charge < -0.3 is 5.32 Å². The number of halogens is 2. The highest BCUT2D eigenvalue weighted by molar-refractivity contribution is 9.10. The van der Waals surface area contributed by atoms with Crippen LogP contribution >= 0.6 is 27.5 Å². The summed E-state index contributed by atoms with van der Waals surface area (Å²) in [6.07, 6.45) is 2.82. The SMILES string of the molecule is C=CCCC(=O)Nc1cccc(Cl)c1Br. The molecule has 0 spiro atoms. The van der Waals surface area contributed by atoms with Crippen LogP contribution in [0.3, 0.4) is 0 Å². The highest BCUT2D eigenvalue weighted by Crippen LogP contribution is 2.30. The first-order chi connectivity index (χ1) is 7.15. The number of anilines is 1. The highest BCUT2D eigenvalue weighted by Gasteiger charge is 2.06. The number of carbonyl (C=O) groups excluding carboxylic acids is 1. The molecule has 15 heavy (non-hydrogen) atoms. The molecule has 1 aromatic rings. The van der Waals surface area contributed by atoms with E-state index in [2.05, 4.69) is 27.8 Å². The molecule has 0 aromatic heterocycles. The molecule has 1 rings (SSSR count). The van der Waals surface area contributed by atoms with Gasteiger partial charge in [-0.3, -0.25) is 4.79 Å². The summed E-state index contributed by atoms with van der Waals surface area (Å²) in [5.74, 6) is -0.0436. The number of benzene rings is 1. The van der Waals surface area contributed by atoms with Crippen LogP contribution in [0.4, 0.5) is 5.69 Å². The lowest BCUT2D eigenvalue weighted by atomic mass is 10.2. The molecular weight excluding hydrogens is 277 g/mol. The third-order valence-electron chi connectivity index (χ3n) is 1.80. The van der Waals surface area contributed by atoms with Gasteiger partial charge in [0.15, 0.2) is 0 Å². The van der Waals surface area contributed by atoms with E-state index in [1.807, 2.05) is 0 Å². The topological polar surface area (TPSA) is 29.1 Å². The second-order valence-corrected chi connectivity index (χ2v) is 4.18. The van der Waals surface area contributed by atoms with Crippen molar-refractivity contribution in [3.63, 3.8) is 0 Å². The van der Waals surface area contributed by atoms with E-state index < -0.39 is 0 Å². The van der Waals surface area contributed by atoms with Gasteiger partial charge >= 0.3 is 0 Å². The minimum Gasteiger partial charge on any atom is -0.325 e. The molecule has 0 saturated heterocycles. The largest absolute Gasteiger partial charge is 0.325 e. The van der Waals surface area contributed by atoms with Gasteiger partial charge in [0.2, 0.25) is 5.91 Å². The van der Waals surface area contributed by atoms with Crippen molar-refractivity contribution >= 4 is 39.1 Å². The monoisotopic (exact) mass is 287 g/mol. The van der Waals surface area contributed by atoms with Gasteiger partial charge in [-0.25, -0.2) is 0 Å². The number of rotatable bonds is 4. The Bertz CT molecular complexity index is 379. The molecule has 0 aliphatic rings. The molecule has 0 aliphatic heterocycles. The predicted molar refractivity (Wildman–Crippen MR) is 67.2 cm³/mol. The number of nitrogens with one attached hydrogen (secondary N) is 1. The van der Waals surface area contributed by atoms with Gasteiger partial charge in [-0.05, 0) is 34.5 Å². The van der Waals surface area contributed by atoms with E-state index in [0.717, 1.165) is 0 Å². The van der Waals surface area contributed by atoms with E-state index in [1.165, 1.54) is 0 Å². The Morgan fingerprint density at radius 3 is 3.00 bits per heavy atom. The molecule has 0 atom stereocenters. The molecule has 4 heteroatoms. The maximum absolute atomic E-state index is 11.4. The van der Waals surface area contributed by atoms with E-state index >= 15 is 0 Å². The first kappa shape index (κ1) is 12.3. The van der Waals surface area contributed by atoms with Crippen molar-refractivity contribution in [1.82, 2.24) is 0 Å². The molecule has 0 aliphatic carbocycles. The van der Waals surface area contributed by atoms with Crippen molar-refractivity contribution in [1.29, 1.82) is 0 Å². The van der Waals surface area contributed by atoms with E-state index in [0.29, 0.717) is 28.0 Å². The summed E-state index contributed by atoms with van der Waals surface area (Å²) < 4.78 is 0.707. The third kappa shape index (κ3) is 3.68. The zero-order chi connectivity index (χ0) is 11.3. The van der Waals surface area contributed by atoms with Gasteiger partial charge in [-0.1, -0.05) is 23.7 Å². The summed E-state index contributed by atoms with van der Waals surface area (Å²) in [6.45, 7) is 3.56. The molecule has 1 amide bonds. The Morgan fingerprint density at radius 2 is 2.33 bits per heavy atom. The number of hydrogen-bond donors (Lipinski definition) is 1. The Hall–Kier alpha value is -0.800. The summed E-state index contributed by atoms with van der Waals surface area (Å²) in [5.41, 5.74) is 0.691. The zero-order valence-electron chi connectivity index (χ0n) is 8.09. The third-order valence-corrected chi connectivity index (χ3v) is 3.20. The molecule has 0 saturated carbocycles. The fourth-order valence-corrected chi connectivity index (χ4v) is 1.58. The van der Waals surface area contributed by atoms with Crippen molar-refractivity contribution in [3.8, 4) is 0 Å². The molecule has 0 heterocycles. The van der Waals surface area contributed by atoms with Gasteiger partial charge in [-0.2, -0.15) is 0 Å². The molecular formula is C11H11BrClNO. The van der Waals surface area contributed by atoms with Crippen LogP contribution in [0.25, 0.3) is 0 Å². The van der Waals surface area contributed by atoms with Crippen LogP contribution in [-0.2, 0) is 4.79 Å². The summed E-state index contributed by atoms with van der Waals surface area (Å²) in [5, 5.41) is 3.35. The fourth-order valence-electron chi connectivity index (χ4n) is 1.05. The predicted octanol–water partition coefficient (Wildman–Crippen LogP) is 4.01. The van der Waals surface area contributed by atoms with E-state index in [-0.39, 0.29) is 5.91 Å². The molecule has 80 valence electrons. The molecule has 1 aromatic carbocycles. The smallest absolute Gasteiger partial charge is 0.224 e. The Morgan fingerprint density at radius 1 is 1.60 bits per heavy atom. The van der Waals surface area contributed by atoms with E-state index in [1.54, 1.807) is 24.3 Å². The summed E-state index contributed by atoms with van der Waals surface area (Å²) in [4.78, 5) is 11.4. The highest BCUT2D eigenvalue weighted by atomic mass is 79.9. The van der Waals surface area contributed by atoms with Crippen LogP contribution in [-0.4, -0.2) is 5.91 Å². The first-order valence-electron chi connectivity index (χ1n) is 4.50. The number of hydrogen-bond acceptors (Lipinski definition) is 1. The van der Waals surface area contributed by atoms with Gasteiger partial charge in [0.25, 0.3) is 0 Å². The van der Waals surface area contributed by atoms with Gasteiger partial charge in [-0.15, -0.1) is 6.58 Å². The van der Waals surface area contributed by atoms with Crippen LogP contribution in [0.5, 0.6) is 0 Å². The summed E-state index contributed by atoms with van der Waals surface area (Å²) in [6, 6.07) is 5.34. The summed E-state index contributed by atoms with van der Waals surface area (Å²) >= 11 is 9.20. The van der Waals surface area contributed by atoms with Crippen molar-refractivity contribution in [3.05, 3.63) is 40.3 Å². The van der Waals surface area contributed by atoms with E-state index in [4.69, 9.17) is 11.6 Å². The summed E-state index contributed by atoms with van der Waals surface area (Å²) in [7, 11) is 0. The minimum atomic E-state index is -0.0436. The maximum atomic E-state index is 11.4. The van der Waals surface area contributed by atoms with Crippen LogP contribution < -0.4 is 5.32 Å². The molecule has 0 radical (unpaired) electrons. The molecule has 2 nitrogen and oxygen atoms in total. The lowest BCUT2D eigenvalue weighted by Crippen LogP contribution is -2.11. The van der Waals surface area contributed by atoms with Crippen molar-refractivity contribution in [2.45, 2.75) is 12.8 Å².